The minimum atomic E-state index is -1.43. The fraction of sp³-hybridized carbons (Fsp3) is 0.625. The number of carbonyl (C=O) groups excluding carboxylic acids is 1. The van der Waals surface area contributed by atoms with Gasteiger partial charge >= 0.3 is 5.97 Å². The van der Waals surface area contributed by atoms with E-state index in [9.17, 15) is 9.59 Å². The Kier molecular flexibility index (Phi) is 4.12. The number of hydrogen-bond acceptors (Lipinski definition) is 5. The zero-order valence-corrected chi connectivity index (χ0v) is 7.43. The maximum Gasteiger partial charge on any atom is 0.373 e. The largest absolute Gasteiger partial charge is 0.477 e. The minimum Gasteiger partial charge on any atom is -0.477 e. The molecule has 6 nitrogen and oxygen atoms in total. The molecular weight excluding hydrogens is 190 g/mol. The molecule has 1 saturated heterocycles. The molecular formula is C8H11NO5. The SMILES string of the molecule is O=C=COC(OC1CCNC1)C(=O)O. The van der Waals surface area contributed by atoms with E-state index in [-0.39, 0.29) is 6.10 Å². The van der Waals surface area contributed by atoms with E-state index in [1.165, 1.54) is 5.94 Å². The van der Waals surface area contributed by atoms with Crippen molar-refractivity contribution in [3.05, 3.63) is 6.26 Å². The normalized spacial score (nSPS) is 22.4. The van der Waals surface area contributed by atoms with Crippen molar-refractivity contribution in [1.29, 1.82) is 0 Å². The molecule has 1 heterocycles. The summed E-state index contributed by atoms with van der Waals surface area (Å²) in [4.78, 5) is 20.4. The molecule has 0 radical (unpaired) electrons. The molecule has 0 aliphatic carbocycles. The van der Waals surface area contributed by atoms with Crippen molar-refractivity contribution < 1.29 is 24.2 Å². The van der Waals surface area contributed by atoms with Crippen LogP contribution in [0.15, 0.2) is 6.26 Å². The van der Waals surface area contributed by atoms with E-state index in [1.54, 1.807) is 0 Å². The summed E-state index contributed by atoms with van der Waals surface area (Å²) in [5.74, 6) is 0.0610. The highest BCUT2D eigenvalue weighted by atomic mass is 16.7. The lowest BCUT2D eigenvalue weighted by Gasteiger charge is -2.16. The first kappa shape index (κ1) is 10.7. The summed E-state index contributed by atoms with van der Waals surface area (Å²) in [5, 5.41) is 11.7. The minimum absolute atomic E-state index is 0.184. The molecule has 2 N–H and O–H groups in total. The standard InChI is InChI=1S/C8H11NO5/c10-3-4-13-8(7(11)12)14-6-1-2-9-5-6/h4,6,8-9H,1-2,5H2,(H,11,12). The van der Waals surface area contributed by atoms with Crippen LogP contribution in [-0.2, 0) is 19.1 Å². The van der Waals surface area contributed by atoms with Crippen molar-refractivity contribution in [2.24, 2.45) is 0 Å². The predicted octanol–water partition coefficient (Wildman–Crippen LogP) is -0.863. The zero-order valence-electron chi connectivity index (χ0n) is 7.43. The van der Waals surface area contributed by atoms with Gasteiger partial charge in [0, 0.05) is 6.54 Å². The molecule has 0 bridgehead atoms. The third-order valence-electron chi connectivity index (χ3n) is 1.77. The fourth-order valence-corrected chi connectivity index (χ4v) is 1.16. The molecule has 0 aromatic heterocycles. The summed E-state index contributed by atoms with van der Waals surface area (Å²) in [5.41, 5.74) is 0. The topological polar surface area (TPSA) is 84.9 Å². The van der Waals surface area contributed by atoms with Gasteiger partial charge in [-0.15, -0.1) is 0 Å². The molecule has 0 spiro atoms. The first-order valence-electron chi connectivity index (χ1n) is 4.18. The molecule has 1 fully saturated rings. The summed E-state index contributed by atoms with van der Waals surface area (Å²) in [6.45, 7) is 1.39. The summed E-state index contributed by atoms with van der Waals surface area (Å²) < 4.78 is 9.60. The number of carboxylic acids is 1. The smallest absolute Gasteiger partial charge is 0.373 e. The van der Waals surface area contributed by atoms with Crippen molar-refractivity contribution in [3.8, 4) is 0 Å². The van der Waals surface area contributed by atoms with Crippen LogP contribution in [0.4, 0.5) is 0 Å². The Bertz CT molecular complexity index is 242. The lowest BCUT2D eigenvalue weighted by Crippen LogP contribution is -2.31. The average Bonchev–Trinajstić information content (AvgIpc) is 2.64. The van der Waals surface area contributed by atoms with Gasteiger partial charge in [0.05, 0.1) is 6.10 Å². The molecule has 6 heteroatoms. The highest BCUT2D eigenvalue weighted by Gasteiger charge is 2.25. The lowest BCUT2D eigenvalue weighted by atomic mass is 10.3. The number of aliphatic carboxylic acids is 1. The van der Waals surface area contributed by atoms with Crippen molar-refractivity contribution in [3.63, 3.8) is 0 Å². The van der Waals surface area contributed by atoms with Crippen LogP contribution in [0.2, 0.25) is 0 Å². The monoisotopic (exact) mass is 201 g/mol. The Balaban J connectivity index is 2.41. The third kappa shape index (κ3) is 3.18. The Morgan fingerprint density at radius 2 is 2.50 bits per heavy atom. The van der Waals surface area contributed by atoms with Gasteiger partial charge in [0.2, 0.25) is 0 Å². The van der Waals surface area contributed by atoms with E-state index in [0.29, 0.717) is 12.8 Å². The van der Waals surface area contributed by atoms with Crippen molar-refractivity contribution in [2.45, 2.75) is 18.8 Å². The van der Waals surface area contributed by atoms with Gasteiger partial charge in [-0.05, 0) is 13.0 Å². The van der Waals surface area contributed by atoms with Crippen LogP contribution in [0.5, 0.6) is 0 Å². The maximum absolute atomic E-state index is 10.6. The van der Waals surface area contributed by atoms with Gasteiger partial charge in [-0.2, -0.15) is 0 Å². The molecule has 1 rings (SSSR count). The van der Waals surface area contributed by atoms with Crippen LogP contribution < -0.4 is 5.32 Å². The molecule has 0 saturated carbocycles. The second-order valence-electron chi connectivity index (χ2n) is 2.79. The van der Waals surface area contributed by atoms with Crippen molar-refractivity contribution in [2.75, 3.05) is 13.1 Å². The predicted molar refractivity (Wildman–Crippen MR) is 45.1 cm³/mol. The van der Waals surface area contributed by atoms with E-state index in [1.807, 2.05) is 0 Å². The van der Waals surface area contributed by atoms with E-state index >= 15 is 0 Å². The van der Waals surface area contributed by atoms with Gasteiger partial charge in [-0.3, -0.25) is 0 Å². The molecule has 0 aromatic rings. The molecule has 1 aliphatic rings. The third-order valence-corrected chi connectivity index (χ3v) is 1.77. The summed E-state index contributed by atoms with van der Waals surface area (Å²) in [7, 11) is 0. The van der Waals surface area contributed by atoms with Crippen LogP contribution in [0.25, 0.3) is 0 Å². The Morgan fingerprint density at radius 1 is 1.71 bits per heavy atom. The number of hydrogen-bond donors (Lipinski definition) is 2. The van der Waals surface area contributed by atoms with Crippen molar-refractivity contribution in [1.82, 2.24) is 5.32 Å². The second-order valence-corrected chi connectivity index (χ2v) is 2.79. The molecule has 2 atom stereocenters. The number of nitrogens with one attached hydrogen (secondary N) is 1. The van der Waals surface area contributed by atoms with E-state index in [2.05, 4.69) is 10.1 Å². The molecule has 78 valence electrons. The van der Waals surface area contributed by atoms with E-state index in [0.717, 1.165) is 13.0 Å². The highest BCUT2D eigenvalue weighted by molar-refractivity contribution is 5.71. The van der Waals surface area contributed by atoms with Crippen LogP contribution >= 0.6 is 0 Å². The van der Waals surface area contributed by atoms with E-state index in [4.69, 9.17) is 9.84 Å². The number of carboxylic acid groups (broad SMARTS) is 1. The molecule has 0 aromatic carbocycles. The van der Waals surface area contributed by atoms with Crippen LogP contribution in [0, 0.1) is 0 Å². The van der Waals surface area contributed by atoms with Crippen LogP contribution in [-0.4, -0.2) is 42.5 Å². The van der Waals surface area contributed by atoms with Gasteiger partial charge in [-0.1, -0.05) is 0 Å². The van der Waals surface area contributed by atoms with Crippen molar-refractivity contribution >= 4 is 11.9 Å². The number of rotatable bonds is 5. The zero-order chi connectivity index (χ0) is 10.4. The number of carbonyl (C=O) groups is 1. The molecule has 2 unspecified atom stereocenters. The fourth-order valence-electron chi connectivity index (χ4n) is 1.16. The Hall–Kier alpha value is -1.36. The van der Waals surface area contributed by atoms with Gasteiger partial charge in [0.25, 0.3) is 6.29 Å². The van der Waals surface area contributed by atoms with Crippen LogP contribution in [0.1, 0.15) is 6.42 Å². The van der Waals surface area contributed by atoms with E-state index < -0.39 is 12.3 Å². The lowest BCUT2D eigenvalue weighted by molar-refractivity contribution is -0.186. The molecule has 0 amide bonds. The summed E-state index contributed by atoms with van der Waals surface area (Å²) >= 11 is 0. The summed E-state index contributed by atoms with van der Waals surface area (Å²) in [6.07, 6.45) is -0.239. The van der Waals surface area contributed by atoms with Crippen LogP contribution in [0.3, 0.4) is 0 Å². The Morgan fingerprint density at radius 3 is 3.00 bits per heavy atom. The van der Waals surface area contributed by atoms with Gasteiger partial charge in [0.15, 0.2) is 12.2 Å². The second kappa shape index (κ2) is 5.39. The maximum atomic E-state index is 10.6. The highest BCUT2D eigenvalue weighted by Crippen LogP contribution is 2.08. The average molecular weight is 201 g/mol. The summed E-state index contributed by atoms with van der Waals surface area (Å²) in [6, 6.07) is 0. The first-order valence-corrected chi connectivity index (χ1v) is 4.18. The number of ether oxygens (including phenoxy) is 2. The van der Waals surface area contributed by atoms with Gasteiger partial charge < -0.3 is 19.9 Å². The molecule has 14 heavy (non-hydrogen) atoms. The molecule has 1 aliphatic heterocycles. The van der Waals surface area contributed by atoms with Gasteiger partial charge in [-0.25, -0.2) is 9.59 Å². The van der Waals surface area contributed by atoms with Gasteiger partial charge in [0.1, 0.15) is 0 Å². The quantitative estimate of drug-likeness (QED) is 0.342. The Labute approximate surface area is 80.5 Å². The first-order chi connectivity index (χ1) is 6.74.